The zero-order chi connectivity index (χ0) is 10.1. The Bertz CT molecular complexity index is 358. The smallest absolute Gasteiger partial charge is 0.307 e. The predicted octanol–water partition coefficient (Wildman–Crippen LogP) is 0.674. The van der Waals surface area contributed by atoms with E-state index in [9.17, 15) is 9.59 Å². The van der Waals surface area contributed by atoms with Gasteiger partial charge >= 0.3 is 5.97 Å². The molecule has 1 aliphatic rings. The first-order valence-corrected chi connectivity index (χ1v) is 4.35. The van der Waals surface area contributed by atoms with Crippen molar-refractivity contribution < 1.29 is 14.7 Å². The van der Waals surface area contributed by atoms with Crippen LogP contribution in [0.2, 0.25) is 0 Å². The summed E-state index contributed by atoms with van der Waals surface area (Å²) in [6.07, 6.45) is 2.14. The maximum atomic E-state index is 11.4. The molecule has 2 atom stereocenters. The number of hydrogen-bond acceptors (Lipinski definition) is 2. The van der Waals surface area contributed by atoms with E-state index in [0.717, 1.165) is 0 Å². The van der Waals surface area contributed by atoms with Gasteiger partial charge in [0.25, 0.3) is 0 Å². The lowest BCUT2D eigenvalue weighted by Gasteiger charge is -2.00. The van der Waals surface area contributed by atoms with Gasteiger partial charge in [0, 0.05) is 6.20 Å². The second kappa shape index (κ2) is 3.17. The number of carbonyl (C=O) groups excluding carboxylic acids is 1. The Morgan fingerprint density at radius 2 is 2.29 bits per heavy atom. The van der Waals surface area contributed by atoms with E-state index in [0.29, 0.717) is 12.2 Å². The summed E-state index contributed by atoms with van der Waals surface area (Å²) in [5.41, 5.74) is 0. The first-order chi connectivity index (χ1) is 6.68. The summed E-state index contributed by atoms with van der Waals surface area (Å²) >= 11 is 0. The van der Waals surface area contributed by atoms with Gasteiger partial charge < -0.3 is 15.4 Å². The number of hydrogen-bond donors (Lipinski definition) is 3. The summed E-state index contributed by atoms with van der Waals surface area (Å²) in [5, 5.41) is 11.2. The molecule has 5 heteroatoms. The maximum absolute atomic E-state index is 11.4. The van der Waals surface area contributed by atoms with Gasteiger partial charge in [0.1, 0.15) is 5.82 Å². The number of H-pyrrole nitrogens is 1. The molecule has 0 aromatic carbocycles. The monoisotopic (exact) mass is 194 g/mol. The molecule has 74 valence electrons. The van der Waals surface area contributed by atoms with Crippen LogP contribution in [-0.2, 0) is 9.59 Å². The Kier molecular flexibility index (Phi) is 1.99. The summed E-state index contributed by atoms with van der Waals surface area (Å²) in [7, 11) is 0. The molecule has 1 aromatic rings. The van der Waals surface area contributed by atoms with Gasteiger partial charge in [0.05, 0.1) is 11.8 Å². The maximum Gasteiger partial charge on any atom is 0.307 e. The van der Waals surface area contributed by atoms with Gasteiger partial charge in [-0.1, -0.05) is 0 Å². The van der Waals surface area contributed by atoms with E-state index < -0.39 is 11.9 Å². The van der Waals surface area contributed by atoms with E-state index in [1.165, 1.54) is 0 Å². The Balaban J connectivity index is 1.90. The van der Waals surface area contributed by atoms with E-state index in [4.69, 9.17) is 5.11 Å². The minimum atomic E-state index is -0.892. The highest BCUT2D eigenvalue weighted by molar-refractivity contribution is 5.97. The van der Waals surface area contributed by atoms with Crippen molar-refractivity contribution in [3.8, 4) is 0 Å². The van der Waals surface area contributed by atoms with Crippen LogP contribution < -0.4 is 5.32 Å². The Morgan fingerprint density at radius 1 is 1.50 bits per heavy atom. The highest BCUT2D eigenvalue weighted by Gasteiger charge is 2.48. The number of aromatic nitrogens is 1. The predicted molar refractivity (Wildman–Crippen MR) is 48.7 cm³/mol. The van der Waals surface area contributed by atoms with Crippen LogP contribution in [-0.4, -0.2) is 22.0 Å². The number of aromatic amines is 1. The first kappa shape index (κ1) is 8.80. The van der Waals surface area contributed by atoms with Gasteiger partial charge in [-0.2, -0.15) is 0 Å². The largest absolute Gasteiger partial charge is 0.481 e. The van der Waals surface area contributed by atoms with Crippen LogP contribution >= 0.6 is 0 Å². The van der Waals surface area contributed by atoms with Crippen molar-refractivity contribution in [2.75, 3.05) is 5.32 Å². The number of carboxylic acids is 1. The molecule has 1 aromatic heterocycles. The molecule has 5 nitrogen and oxygen atoms in total. The average Bonchev–Trinajstić information content (AvgIpc) is 2.80. The summed E-state index contributed by atoms with van der Waals surface area (Å²) in [5.74, 6) is -1.37. The fourth-order valence-electron chi connectivity index (χ4n) is 1.39. The number of amides is 1. The van der Waals surface area contributed by atoms with E-state index >= 15 is 0 Å². The molecule has 14 heavy (non-hydrogen) atoms. The van der Waals surface area contributed by atoms with Crippen LogP contribution in [0.4, 0.5) is 5.82 Å². The Hall–Kier alpha value is -1.78. The number of anilines is 1. The van der Waals surface area contributed by atoms with Crippen LogP contribution in [0.15, 0.2) is 18.3 Å². The van der Waals surface area contributed by atoms with Crippen molar-refractivity contribution in [1.29, 1.82) is 0 Å². The average molecular weight is 194 g/mol. The molecular weight excluding hydrogens is 184 g/mol. The van der Waals surface area contributed by atoms with Crippen molar-refractivity contribution in [1.82, 2.24) is 4.98 Å². The van der Waals surface area contributed by atoms with E-state index in [1.54, 1.807) is 18.3 Å². The normalized spacial score (nSPS) is 24.3. The molecule has 2 unspecified atom stereocenters. The van der Waals surface area contributed by atoms with Crippen molar-refractivity contribution in [2.24, 2.45) is 11.8 Å². The molecule has 0 spiro atoms. The second-order valence-electron chi connectivity index (χ2n) is 3.36. The molecule has 1 saturated carbocycles. The zero-order valence-corrected chi connectivity index (χ0v) is 7.36. The molecule has 0 aliphatic heterocycles. The van der Waals surface area contributed by atoms with Gasteiger partial charge in [0.15, 0.2) is 0 Å². The summed E-state index contributed by atoms with van der Waals surface area (Å²) in [6, 6.07) is 3.48. The van der Waals surface area contributed by atoms with Crippen LogP contribution in [0.3, 0.4) is 0 Å². The number of rotatable bonds is 3. The molecule has 0 bridgehead atoms. The number of carbonyl (C=O) groups is 2. The lowest BCUT2D eigenvalue weighted by Crippen LogP contribution is -2.16. The minimum absolute atomic E-state index is 0.222. The van der Waals surface area contributed by atoms with Crippen molar-refractivity contribution >= 4 is 17.7 Å². The third-order valence-corrected chi connectivity index (χ3v) is 2.30. The van der Waals surface area contributed by atoms with E-state index in [-0.39, 0.29) is 11.8 Å². The van der Waals surface area contributed by atoms with E-state index in [1.807, 2.05) is 0 Å². The van der Waals surface area contributed by atoms with Gasteiger partial charge in [-0.3, -0.25) is 9.59 Å². The first-order valence-electron chi connectivity index (χ1n) is 4.35. The van der Waals surface area contributed by atoms with Gasteiger partial charge in [0.2, 0.25) is 5.91 Å². The number of aliphatic carboxylic acids is 1. The Morgan fingerprint density at radius 3 is 2.79 bits per heavy atom. The second-order valence-corrected chi connectivity index (χ2v) is 3.36. The quantitative estimate of drug-likeness (QED) is 0.661. The molecular formula is C9H10N2O3. The topological polar surface area (TPSA) is 82.2 Å². The summed E-state index contributed by atoms with van der Waals surface area (Å²) < 4.78 is 0. The molecule has 1 amide bonds. The molecule has 1 fully saturated rings. The molecule has 2 rings (SSSR count). The molecule has 3 N–H and O–H groups in total. The van der Waals surface area contributed by atoms with Crippen molar-refractivity contribution in [3.05, 3.63) is 18.3 Å². The van der Waals surface area contributed by atoms with Gasteiger partial charge in [-0.15, -0.1) is 0 Å². The molecule has 0 radical (unpaired) electrons. The highest BCUT2D eigenvalue weighted by Crippen LogP contribution is 2.39. The van der Waals surface area contributed by atoms with E-state index in [2.05, 4.69) is 10.3 Å². The SMILES string of the molecule is O=C(O)C1CC1C(=O)Nc1ccc[nH]1. The lowest BCUT2D eigenvalue weighted by atomic mass is 10.3. The zero-order valence-electron chi connectivity index (χ0n) is 7.36. The summed E-state index contributed by atoms with van der Waals surface area (Å²) in [4.78, 5) is 24.7. The third kappa shape index (κ3) is 1.61. The minimum Gasteiger partial charge on any atom is -0.481 e. The van der Waals surface area contributed by atoms with Gasteiger partial charge in [-0.05, 0) is 18.6 Å². The van der Waals surface area contributed by atoms with Crippen LogP contribution in [0.1, 0.15) is 6.42 Å². The number of nitrogens with one attached hydrogen (secondary N) is 2. The van der Waals surface area contributed by atoms with Crippen molar-refractivity contribution in [3.63, 3.8) is 0 Å². The van der Waals surface area contributed by atoms with Crippen molar-refractivity contribution in [2.45, 2.75) is 6.42 Å². The van der Waals surface area contributed by atoms with Gasteiger partial charge in [-0.25, -0.2) is 0 Å². The molecule has 1 heterocycles. The third-order valence-electron chi connectivity index (χ3n) is 2.30. The molecule has 1 aliphatic carbocycles. The molecule has 0 saturated heterocycles. The highest BCUT2D eigenvalue weighted by atomic mass is 16.4. The lowest BCUT2D eigenvalue weighted by molar-refractivity contribution is -0.139. The number of carboxylic acid groups (broad SMARTS) is 1. The van der Waals surface area contributed by atoms with Crippen LogP contribution in [0.5, 0.6) is 0 Å². The fraction of sp³-hybridized carbons (Fsp3) is 0.333. The van der Waals surface area contributed by atoms with Crippen LogP contribution in [0.25, 0.3) is 0 Å². The van der Waals surface area contributed by atoms with Crippen LogP contribution in [0, 0.1) is 11.8 Å². The Labute approximate surface area is 80.1 Å². The summed E-state index contributed by atoms with van der Waals surface area (Å²) in [6.45, 7) is 0. The standard InChI is InChI=1S/C9H10N2O3/c12-8(5-4-6(5)9(13)14)11-7-2-1-3-10-7/h1-3,5-6,10H,4H2,(H,11,12)(H,13,14). The fourth-order valence-corrected chi connectivity index (χ4v) is 1.39.